The summed E-state index contributed by atoms with van der Waals surface area (Å²) in [5.74, 6) is 1.44. The van der Waals surface area contributed by atoms with Crippen molar-refractivity contribution in [2.24, 2.45) is 0 Å². The van der Waals surface area contributed by atoms with Crippen LogP contribution >= 0.6 is 0 Å². The molecule has 0 aromatic carbocycles. The predicted octanol–water partition coefficient (Wildman–Crippen LogP) is 1.14. The van der Waals surface area contributed by atoms with Gasteiger partial charge in [-0.3, -0.25) is 0 Å². The van der Waals surface area contributed by atoms with Gasteiger partial charge in [0.05, 0.1) is 12.1 Å². The predicted molar refractivity (Wildman–Crippen MR) is 56.1 cm³/mol. The van der Waals surface area contributed by atoms with E-state index in [0.29, 0.717) is 12.5 Å². The topological polar surface area (TPSA) is 59.9 Å². The summed E-state index contributed by atoms with van der Waals surface area (Å²) in [6.07, 6.45) is 1.55. The number of aryl methyl sites for hydroxylation is 1. The average Bonchev–Trinajstić information content (AvgIpc) is 2.42. The molecule has 1 N–H and O–H groups in total. The van der Waals surface area contributed by atoms with Crippen LogP contribution in [-0.2, 0) is 0 Å². The number of ether oxygens (including phenoxy) is 1. The van der Waals surface area contributed by atoms with E-state index in [0.717, 1.165) is 29.0 Å². The van der Waals surface area contributed by atoms with Crippen LogP contribution in [-0.4, -0.2) is 28.1 Å². The van der Waals surface area contributed by atoms with Crippen molar-refractivity contribution in [1.82, 2.24) is 15.0 Å². The zero-order chi connectivity index (χ0) is 10.3. The van der Waals surface area contributed by atoms with E-state index in [1.54, 1.807) is 6.33 Å². The molecule has 0 spiro atoms. The normalized spacial score (nSPS) is 14.2. The summed E-state index contributed by atoms with van der Waals surface area (Å²) in [4.78, 5) is 12.8. The highest BCUT2D eigenvalue weighted by molar-refractivity contribution is 5.93. The Morgan fingerprint density at radius 2 is 2.33 bits per heavy atom. The Balaban J connectivity index is 2.41. The first-order valence-corrected chi connectivity index (χ1v) is 4.83. The van der Waals surface area contributed by atoms with Crippen LogP contribution in [0, 0.1) is 6.92 Å². The van der Waals surface area contributed by atoms with Crippen molar-refractivity contribution in [2.75, 3.05) is 18.5 Å². The lowest BCUT2D eigenvalue weighted by Gasteiger charge is -2.05. The summed E-state index contributed by atoms with van der Waals surface area (Å²) in [5.41, 5.74) is 1.78. The third-order valence-electron chi connectivity index (χ3n) is 2.35. The Kier molecular flexibility index (Phi) is 1.71. The molecule has 0 fully saturated rings. The monoisotopic (exact) mass is 202 g/mol. The number of anilines is 1. The lowest BCUT2D eigenvalue weighted by Crippen LogP contribution is -2.09. The van der Waals surface area contributed by atoms with Gasteiger partial charge >= 0.3 is 0 Å². The van der Waals surface area contributed by atoms with Crippen molar-refractivity contribution in [1.29, 1.82) is 0 Å². The molecule has 0 bridgehead atoms. The molecule has 76 valence electrons. The van der Waals surface area contributed by atoms with Gasteiger partial charge < -0.3 is 10.1 Å². The van der Waals surface area contributed by atoms with Gasteiger partial charge in [0, 0.05) is 5.69 Å². The van der Waals surface area contributed by atoms with Gasteiger partial charge in [-0.15, -0.1) is 0 Å². The molecule has 5 nitrogen and oxygen atoms in total. The van der Waals surface area contributed by atoms with Gasteiger partial charge in [0.25, 0.3) is 0 Å². The summed E-state index contributed by atoms with van der Waals surface area (Å²) in [5, 5.41) is 4.07. The van der Waals surface area contributed by atoms with Crippen LogP contribution in [0.1, 0.15) is 5.69 Å². The number of hydrogen-bond acceptors (Lipinski definition) is 5. The summed E-state index contributed by atoms with van der Waals surface area (Å²) in [7, 11) is 0. The second-order valence-electron chi connectivity index (χ2n) is 3.46. The first-order valence-electron chi connectivity index (χ1n) is 4.83. The average molecular weight is 202 g/mol. The van der Waals surface area contributed by atoms with Gasteiger partial charge in [-0.2, -0.15) is 0 Å². The molecule has 0 saturated carbocycles. The zero-order valence-corrected chi connectivity index (χ0v) is 8.32. The van der Waals surface area contributed by atoms with E-state index >= 15 is 0 Å². The van der Waals surface area contributed by atoms with Crippen molar-refractivity contribution >= 4 is 16.7 Å². The van der Waals surface area contributed by atoms with Crippen LogP contribution in [0.3, 0.4) is 0 Å². The molecule has 0 saturated heterocycles. The number of rotatable bonds is 0. The van der Waals surface area contributed by atoms with Crippen LogP contribution < -0.4 is 10.1 Å². The number of pyridine rings is 1. The van der Waals surface area contributed by atoms with E-state index in [9.17, 15) is 0 Å². The standard InChI is InChI=1S/C10H10N4O/c1-6-4-7-8-9(13-5-12-7)11-2-3-15-10(8)14-6/h4-5H,2-3H2,1H3,(H,11,12,13). The molecular weight excluding hydrogens is 192 g/mol. The maximum absolute atomic E-state index is 5.55. The number of nitrogens with zero attached hydrogens (tertiary/aromatic N) is 3. The minimum Gasteiger partial charge on any atom is -0.475 e. The van der Waals surface area contributed by atoms with Gasteiger partial charge in [0.15, 0.2) is 0 Å². The lowest BCUT2D eigenvalue weighted by atomic mass is 10.2. The highest BCUT2D eigenvalue weighted by Gasteiger charge is 2.15. The van der Waals surface area contributed by atoms with Gasteiger partial charge in [-0.1, -0.05) is 0 Å². The van der Waals surface area contributed by atoms with Crippen molar-refractivity contribution in [3.8, 4) is 5.88 Å². The fourth-order valence-corrected chi connectivity index (χ4v) is 1.72. The van der Waals surface area contributed by atoms with Gasteiger partial charge in [0.1, 0.15) is 24.1 Å². The fraction of sp³-hybridized carbons (Fsp3) is 0.300. The van der Waals surface area contributed by atoms with E-state index in [2.05, 4.69) is 20.3 Å². The molecule has 2 aromatic rings. The molecule has 1 aliphatic heterocycles. The SMILES string of the molecule is Cc1cc2ncnc3c2c(n1)OCCN3. The third-order valence-corrected chi connectivity index (χ3v) is 2.35. The third kappa shape index (κ3) is 1.27. The number of hydrogen-bond donors (Lipinski definition) is 1. The van der Waals surface area contributed by atoms with E-state index in [1.807, 2.05) is 13.0 Å². The smallest absolute Gasteiger partial charge is 0.227 e. The Labute approximate surface area is 86.5 Å². The Hall–Kier alpha value is -1.91. The van der Waals surface area contributed by atoms with Crippen LogP contribution in [0.4, 0.5) is 5.82 Å². The van der Waals surface area contributed by atoms with Crippen molar-refractivity contribution in [3.63, 3.8) is 0 Å². The molecule has 1 aliphatic rings. The lowest BCUT2D eigenvalue weighted by molar-refractivity contribution is 0.326. The highest BCUT2D eigenvalue weighted by atomic mass is 16.5. The first kappa shape index (κ1) is 8.40. The summed E-state index contributed by atoms with van der Waals surface area (Å²) >= 11 is 0. The largest absolute Gasteiger partial charge is 0.475 e. The van der Waals surface area contributed by atoms with E-state index in [1.165, 1.54) is 0 Å². The summed E-state index contributed by atoms with van der Waals surface area (Å²) < 4.78 is 5.55. The van der Waals surface area contributed by atoms with Crippen LogP contribution in [0.15, 0.2) is 12.4 Å². The van der Waals surface area contributed by atoms with Crippen LogP contribution in [0.2, 0.25) is 0 Å². The summed E-state index contributed by atoms with van der Waals surface area (Å²) in [6.45, 7) is 3.27. The first-order chi connectivity index (χ1) is 7.34. The molecule has 5 heteroatoms. The van der Waals surface area contributed by atoms with E-state index in [-0.39, 0.29) is 0 Å². The van der Waals surface area contributed by atoms with Gasteiger partial charge in [-0.25, -0.2) is 15.0 Å². The molecule has 3 rings (SSSR count). The Bertz CT molecular complexity index is 526. The molecule has 0 radical (unpaired) electrons. The fourth-order valence-electron chi connectivity index (χ4n) is 1.72. The second-order valence-corrected chi connectivity index (χ2v) is 3.46. The van der Waals surface area contributed by atoms with E-state index < -0.39 is 0 Å². The molecule has 0 atom stereocenters. The van der Waals surface area contributed by atoms with Crippen LogP contribution in [0.25, 0.3) is 10.9 Å². The van der Waals surface area contributed by atoms with Crippen molar-refractivity contribution in [2.45, 2.75) is 6.92 Å². The van der Waals surface area contributed by atoms with Gasteiger partial charge in [-0.05, 0) is 13.0 Å². The van der Waals surface area contributed by atoms with Gasteiger partial charge in [0.2, 0.25) is 5.88 Å². The maximum Gasteiger partial charge on any atom is 0.227 e. The Morgan fingerprint density at radius 1 is 1.40 bits per heavy atom. The molecule has 2 aromatic heterocycles. The number of aromatic nitrogens is 3. The molecular formula is C10H10N4O. The molecule has 0 aliphatic carbocycles. The maximum atomic E-state index is 5.55. The quantitative estimate of drug-likeness (QED) is 0.694. The van der Waals surface area contributed by atoms with Crippen molar-refractivity contribution < 1.29 is 4.74 Å². The van der Waals surface area contributed by atoms with Crippen LogP contribution in [0.5, 0.6) is 5.88 Å². The second kappa shape index (κ2) is 3.05. The minimum absolute atomic E-state index is 0.599. The highest BCUT2D eigenvalue weighted by Crippen LogP contribution is 2.29. The zero-order valence-electron chi connectivity index (χ0n) is 8.32. The summed E-state index contributed by atoms with van der Waals surface area (Å²) in [6, 6.07) is 1.93. The molecule has 3 heterocycles. The number of nitrogens with one attached hydrogen (secondary N) is 1. The van der Waals surface area contributed by atoms with Crippen molar-refractivity contribution in [3.05, 3.63) is 18.1 Å². The van der Waals surface area contributed by atoms with E-state index in [4.69, 9.17) is 4.74 Å². The molecule has 0 unspecified atom stereocenters. The Morgan fingerprint density at radius 3 is 3.27 bits per heavy atom. The molecule has 0 amide bonds. The minimum atomic E-state index is 0.599. The molecule has 15 heavy (non-hydrogen) atoms.